The minimum absolute atomic E-state index is 0.287. The largest absolute Gasteiger partial charge is 0.217 e. The van der Waals surface area contributed by atoms with E-state index in [2.05, 4.69) is 23.9 Å². The smallest absolute Gasteiger partial charge is 0.212 e. The van der Waals surface area contributed by atoms with Crippen molar-refractivity contribution in [3.05, 3.63) is 41.0 Å². The van der Waals surface area contributed by atoms with Gasteiger partial charge in [0.05, 0.1) is 11.9 Å². The summed E-state index contributed by atoms with van der Waals surface area (Å²) in [5, 5.41) is 5.43. The molecule has 0 aliphatic carbocycles. The Labute approximate surface area is 118 Å². The summed E-state index contributed by atoms with van der Waals surface area (Å²) in [6.07, 6.45) is 2.57. The van der Waals surface area contributed by atoms with E-state index in [4.69, 9.17) is 0 Å². The van der Waals surface area contributed by atoms with Gasteiger partial charge in [0.2, 0.25) is 4.96 Å². The average molecular weight is 293 g/mol. The van der Waals surface area contributed by atoms with Crippen LogP contribution >= 0.6 is 11.3 Å². The molecule has 0 bridgehead atoms. The molecular weight excluding hydrogens is 280 g/mol. The van der Waals surface area contributed by atoms with Crippen molar-refractivity contribution < 1.29 is 8.78 Å². The molecule has 0 atom stereocenters. The third-order valence-corrected chi connectivity index (χ3v) is 3.82. The number of fused-ring (bicyclic) bond motifs is 1. The molecule has 2 aromatic heterocycles. The number of imidazole rings is 1. The maximum Gasteiger partial charge on any atom is 0.212 e. The van der Waals surface area contributed by atoms with Crippen LogP contribution in [0.1, 0.15) is 18.9 Å². The summed E-state index contributed by atoms with van der Waals surface area (Å²) in [6.45, 7) is 4.26. The fraction of sp³-hybridized carbons (Fsp3) is 0.286. The first-order valence-corrected chi connectivity index (χ1v) is 7.15. The average Bonchev–Trinajstić information content (AvgIpc) is 2.85. The minimum Gasteiger partial charge on any atom is -0.217 e. The fourth-order valence-corrected chi connectivity index (χ4v) is 3.09. The molecule has 3 nitrogen and oxygen atoms in total. The lowest BCUT2D eigenvalue weighted by molar-refractivity contribution is 0.585. The van der Waals surface area contributed by atoms with Crippen LogP contribution in [-0.2, 0) is 6.42 Å². The third kappa shape index (κ3) is 2.43. The number of halogens is 2. The van der Waals surface area contributed by atoms with Crippen molar-refractivity contribution in [2.75, 3.05) is 0 Å². The number of benzene rings is 1. The molecule has 0 saturated heterocycles. The molecule has 0 saturated carbocycles. The van der Waals surface area contributed by atoms with E-state index in [1.165, 1.54) is 23.5 Å². The molecule has 0 unspecified atom stereocenters. The van der Waals surface area contributed by atoms with Gasteiger partial charge in [-0.1, -0.05) is 25.2 Å². The normalized spacial score (nSPS) is 11.7. The molecule has 0 aliphatic rings. The van der Waals surface area contributed by atoms with E-state index in [1.54, 1.807) is 10.7 Å². The second kappa shape index (κ2) is 4.94. The minimum atomic E-state index is -0.613. The molecule has 0 radical (unpaired) electrons. The van der Waals surface area contributed by atoms with Gasteiger partial charge in [0, 0.05) is 18.1 Å². The Hall–Kier alpha value is -1.82. The van der Waals surface area contributed by atoms with Crippen LogP contribution < -0.4 is 0 Å². The second-order valence-corrected chi connectivity index (χ2v) is 6.11. The van der Waals surface area contributed by atoms with Gasteiger partial charge in [-0.05, 0) is 18.1 Å². The van der Waals surface area contributed by atoms with Crippen LogP contribution in [0.2, 0.25) is 0 Å². The lowest BCUT2D eigenvalue weighted by Gasteiger charge is -1.99. The Morgan fingerprint density at radius 1 is 1.30 bits per heavy atom. The predicted octanol–water partition coefficient (Wildman–Crippen LogP) is 3.93. The highest BCUT2D eigenvalue weighted by Gasteiger charge is 2.13. The molecule has 20 heavy (non-hydrogen) atoms. The molecule has 2 heterocycles. The maximum atomic E-state index is 13.7. The van der Waals surface area contributed by atoms with Crippen molar-refractivity contribution in [2.24, 2.45) is 5.92 Å². The van der Waals surface area contributed by atoms with Gasteiger partial charge in [0.1, 0.15) is 16.6 Å². The van der Waals surface area contributed by atoms with E-state index in [9.17, 15) is 8.78 Å². The van der Waals surface area contributed by atoms with E-state index in [-0.39, 0.29) is 5.56 Å². The van der Waals surface area contributed by atoms with Gasteiger partial charge in [0.25, 0.3) is 0 Å². The number of aromatic nitrogens is 3. The lowest BCUT2D eigenvalue weighted by atomic mass is 10.1. The van der Waals surface area contributed by atoms with E-state index in [0.29, 0.717) is 11.6 Å². The summed E-state index contributed by atoms with van der Waals surface area (Å²) in [6, 6.07) is 3.48. The summed E-state index contributed by atoms with van der Waals surface area (Å²) >= 11 is 1.49. The third-order valence-electron chi connectivity index (χ3n) is 2.87. The summed E-state index contributed by atoms with van der Waals surface area (Å²) in [4.78, 5) is 5.08. The van der Waals surface area contributed by atoms with Gasteiger partial charge in [-0.2, -0.15) is 5.10 Å². The Kier molecular flexibility index (Phi) is 3.25. The molecule has 6 heteroatoms. The summed E-state index contributed by atoms with van der Waals surface area (Å²) in [5.74, 6) is -0.678. The first-order chi connectivity index (χ1) is 9.52. The summed E-state index contributed by atoms with van der Waals surface area (Å²) in [7, 11) is 0. The number of rotatable bonds is 3. The number of hydrogen-bond donors (Lipinski definition) is 0. The van der Waals surface area contributed by atoms with Crippen molar-refractivity contribution in [3.8, 4) is 11.3 Å². The van der Waals surface area contributed by atoms with Crippen LogP contribution in [0.4, 0.5) is 8.78 Å². The van der Waals surface area contributed by atoms with E-state index in [0.717, 1.165) is 22.5 Å². The topological polar surface area (TPSA) is 30.2 Å². The zero-order chi connectivity index (χ0) is 14.3. The fourth-order valence-electron chi connectivity index (χ4n) is 2.00. The van der Waals surface area contributed by atoms with Crippen molar-refractivity contribution in [3.63, 3.8) is 0 Å². The summed E-state index contributed by atoms with van der Waals surface area (Å²) < 4.78 is 28.3. The number of hydrogen-bond acceptors (Lipinski definition) is 3. The molecule has 0 spiro atoms. The molecule has 0 fully saturated rings. The van der Waals surface area contributed by atoms with Gasteiger partial charge < -0.3 is 0 Å². The molecule has 0 N–H and O–H groups in total. The molecule has 104 valence electrons. The van der Waals surface area contributed by atoms with Crippen LogP contribution in [0.15, 0.2) is 24.4 Å². The van der Waals surface area contributed by atoms with Gasteiger partial charge in [-0.15, -0.1) is 0 Å². The highest BCUT2D eigenvalue weighted by atomic mass is 32.1. The summed E-state index contributed by atoms with van der Waals surface area (Å²) in [5.41, 5.74) is 0.756. The molecule has 1 aromatic carbocycles. The van der Waals surface area contributed by atoms with Crippen molar-refractivity contribution in [1.29, 1.82) is 0 Å². The Balaban J connectivity index is 1.99. The van der Waals surface area contributed by atoms with Crippen LogP contribution in [0.25, 0.3) is 16.2 Å². The number of nitrogens with zero attached hydrogens (tertiary/aromatic N) is 3. The van der Waals surface area contributed by atoms with Crippen LogP contribution in [0.3, 0.4) is 0 Å². The van der Waals surface area contributed by atoms with E-state index >= 15 is 0 Å². The molecule has 0 amide bonds. The van der Waals surface area contributed by atoms with E-state index < -0.39 is 11.6 Å². The zero-order valence-corrected chi connectivity index (χ0v) is 11.9. The zero-order valence-electron chi connectivity index (χ0n) is 11.1. The predicted molar refractivity (Wildman–Crippen MR) is 74.8 cm³/mol. The van der Waals surface area contributed by atoms with Crippen LogP contribution in [-0.4, -0.2) is 14.6 Å². The standard InChI is InChI=1S/C14H13F2N3S/c1-8(2)5-13-18-19-7-12(17-14(19)20-13)10-4-3-9(15)6-11(10)16/h3-4,6-8H,5H2,1-2H3. The molecule has 0 aliphatic heterocycles. The van der Waals surface area contributed by atoms with Crippen molar-refractivity contribution in [1.82, 2.24) is 14.6 Å². The van der Waals surface area contributed by atoms with Crippen molar-refractivity contribution in [2.45, 2.75) is 20.3 Å². The first kappa shape index (κ1) is 13.2. The van der Waals surface area contributed by atoms with Gasteiger partial charge in [-0.25, -0.2) is 18.3 Å². The SMILES string of the molecule is CC(C)Cc1nn2cc(-c3ccc(F)cc3F)nc2s1. The quantitative estimate of drug-likeness (QED) is 0.732. The van der Waals surface area contributed by atoms with Crippen LogP contribution in [0.5, 0.6) is 0 Å². The monoisotopic (exact) mass is 293 g/mol. The lowest BCUT2D eigenvalue weighted by Crippen LogP contribution is -1.94. The molecular formula is C14H13F2N3S. The Morgan fingerprint density at radius 2 is 2.10 bits per heavy atom. The van der Waals surface area contributed by atoms with Gasteiger partial charge in [-0.3, -0.25) is 0 Å². The molecule has 3 aromatic rings. The molecule has 3 rings (SSSR count). The second-order valence-electron chi connectivity index (χ2n) is 5.07. The van der Waals surface area contributed by atoms with E-state index in [1.807, 2.05) is 0 Å². The van der Waals surface area contributed by atoms with Crippen molar-refractivity contribution >= 4 is 16.3 Å². The first-order valence-electron chi connectivity index (χ1n) is 6.33. The highest BCUT2D eigenvalue weighted by molar-refractivity contribution is 7.16. The maximum absolute atomic E-state index is 13.7. The highest BCUT2D eigenvalue weighted by Crippen LogP contribution is 2.25. The van der Waals surface area contributed by atoms with Gasteiger partial charge >= 0.3 is 0 Å². The van der Waals surface area contributed by atoms with Gasteiger partial charge in [0.15, 0.2) is 0 Å². The Morgan fingerprint density at radius 3 is 2.75 bits per heavy atom. The van der Waals surface area contributed by atoms with Crippen LogP contribution in [0, 0.1) is 17.6 Å². The Bertz CT molecular complexity index is 729.